The number of ether oxygens (including phenoxy) is 1. The Labute approximate surface area is 100 Å². The number of hydrogen-bond donors (Lipinski definition) is 0. The lowest BCUT2D eigenvalue weighted by Crippen LogP contribution is -1.88. The summed E-state index contributed by atoms with van der Waals surface area (Å²) in [6.07, 6.45) is 1.43. The van der Waals surface area contributed by atoms with Gasteiger partial charge in [0.05, 0.1) is 0 Å². The van der Waals surface area contributed by atoms with Crippen molar-refractivity contribution in [1.29, 1.82) is 0 Å². The van der Waals surface area contributed by atoms with Crippen LogP contribution in [0.25, 0.3) is 0 Å². The molecule has 76 valence electrons. The minimum atomic E-state index is 0.485. The Balaban J connectivity index is 2.18. The van der Waals surface area contributed by atoms with Gasteiger partial charge >= 0.3 is 0 Å². The second-order valence-corrected chi connectivity index (χ2v) is 3.98. The molecule has 1 aromatic carbocycles. The van der Waals surface area contributed by atoms with Gasteiger partial charge in [0, 0.05) is 11.1 Å². The zero-order valence-corrected chi connectivity index (χ0v) is 9.86. The topological polar surface area (TPSA) is 35.0 Å². The molecule has 15 heavy (non-hydrogen) atoms. The van der Waals surface area contributed by atoms with Crippen LogP contribution in [0, 0.1) is 0 Å². The van der Waals surface area contributed by atoms with Crippen molar-refractivity contribution in [2.45, 2.75) is 0 Å². The molecule has 0 saturated carbocycles. The van der Waals surface area contributed by atoms with Crippen LogP contribution in [-0.2, 0) is 0 Å². The molecule has 0 bridgehead atoms. The van der Waals surface area contributed by atoms with Gasteiger partial charge in [0.15, 0.2) is 0 Å². The number of rotatable bonds is 2. The molecule has 0 N–H and O–H groups in total. The molecule has 0 unspecified atom stereocenters. The van der Waals surface area contributed by atoms with Crippen LogP contribution in [-0.4, -0.2) is 9.97 Å². The Morgan fingerprint density at radius 2 is 1.87 bits per heavy atom. The maximum Gasteiger partial charge on any atom is 0.223 e. The van der Waals surface area contributed by atoms with Gasteiger partial charge in [-0.1, -0.05) is 11.6 Å². The standard InChI is InChI=1S/C10H6BrClN2O/c11-9-5-10(14-6-13-9)15-8-3-1-7(12)2-4-8/h1-6H. The van der Waals surface area contributed by atoms with Gasteiger partial charge in [-0.2, -0.15) is 0 Å². The van der Waals surface area contributed by atoms with Crippen LogP contribution in [0.2, 0.25) is 5.02 Å². The van der Waals surface area contributed by atoms with E-state index in [1.807, 2.05) is 0 Å². The van der Waals surface area contributed by atoms with Gasteiger partial charge in [0.2, 0.25) is 5.88 Å². The van der Waals surface area contributed by atoms with E-state index in [0.29, 0.717) is 21.3 Å². The fourth-order valence-corrected chi connectivity index (χ4v) is 1.41. The summed E-state index contributed by atoms with van der Waals surface area (Å²) in [7, 11) is 0. The number of halogens is 2. The van der Waals surface area contributed by atoms with Crippen molar-refractivity contribution in [2.24, 2.45) is 0 Å². The molecule has 0 amide bonds. The Bertz CT molecular complexity index is 461. The van der Waals surface area contributed by atoms with E-state index in [4.69, 9.17) is 16.3 Å². The first-order valence-corrected chi connectivity index (χ1v) is 5.32. The summed E-state index contributed by atoms with van der Waals surface area (Å²) >= 11 is 8.99. The van der Waals surface area contributed by atoms with Crippen molar-refractivity contribution in [3.8, 4) is 11.6 Å². The van der Waals surface area contributed by atoms with Crippen LogP contribution in [0.15, 0.2) is 41.3 Å². The maximum atomic E-state index is 5.75. The van der Waals surface area contributed by atoms with Crippen molar-refractivity contribution in [1.82, 2.24) is 9.97 Å². The summed E-state index contributed by atoms with van der Waals surface area (Å²) < 4.78 is 6.16. The van der Waals surface area contributed by atoms with Gasteiger partial charge in [0.1, 0.15) is 16.7 Å². The molecule has 2 rings (SSSR count). The third kappa shape index (κ3) is 2.91. The van der Waals surface area contributed by atoms with Gasteiger partial charge < -0.3 is 4.74 Å². The number of benzene rings is 1. The second-order valence-electron chi connectivity index (χ2n) is 2.73. The predicted molar refractivity (Wildman–Crippen MR) is 61.3 cm³/mol. The van der Waals surface area contributed by atoms with Crippen LogP contribution in [0.1, 0.15) is 0 Å². The summed E-state index contributed by atoms with van der Waals surface area (Å²) in [5.74, 6) is 1.17. The molecule has 5 heteroatoms. The smallest absolute Gasteiger partial charge is 0.223 e. The Hall–Kier alpha value is -1.13. The van der Waals surface area contributed by atoms with E-state index < -0.39 is 0 Å². The lowest BCUT2D eigenvalue weighted by molar-refractivity contribution is 0.461. The lowest BCUT2D eigenvalue weighted by atomic mass is 10.3. The average Bonchev–Trinajstić information content (AvgIpc) is 2.22. The van der Waals surface area contributed by atoms with Crippen molar-refractivity contribution in [3.63, 3.8) is 0 Å². The van der Waals surface area contributed by atoms with Crippen molar-refractivity contribution < 1.29 is 4.74 Å². The molecule has 0 spiro atoms. The van der Waals surface area contributed by atoms with Crippen molar-refractivity contribution in [3.05, 3.63) is 46.3 Å². The average molecular weight is 286 g/mol. The first-order chi connectivity index (χ1) is 7.24. The van der Waals surface area contributed by atoms with E-state index in [2.05, 4.69) is 25.9 Å². The quantitative estimate of drug-likeness (QED) is 0.789. The van der Waals surface area contributed by atoms with E-state index in [1.54, 1.807) is 30.3 Å². The summed E-state index contributed by atoms with van der Waals surface area (Å²) in [6, 6.07) is 8.76. The van der Waals surface area contributed by atoms with Crippen LogP contribution in [0.4, 0.5) is 0 Å². The largest absolute Gasteiger partial charge is 0.439 e. The highest BCUT2D eigenvalue weighted by Crippen LogP contribution is 2.22. The highest BCUT2D eigenvalue weighted by molar-refractivity contribution is 9.10. The number of nitrogens with zero attached hydrogens (tertiary/aromatic N) is 2. The van der Waals surface area contributed by atoms with Crippen LogP contribution in [0.3, 0.4) is 0 Å². The molecule has 0 aliphatic heterocycles. The Kier molecular flexibility index (Phi) is 3.18. The summed E-state index contributed by atoms with van der Waals surface area (Å²) in [6.45, 7) is 0. The molecule has 0 atom stereocenters. The highest BCUT2D eigenvalue weighted by Gasteiger charge is 1.99. The van der Waals surface area contributed by atoms with E-state index in [-0.39, 0.29) is 0 Å². The fraction of sp³-hybridized carbons (Fsp3) is 0. The first kappa shape index (κ1) is 10.4. The van der Waals surface area contributed by atoms with Gasteiger partial charge in [-0.3, -0.25) is 0 Å². The Morgan fingerprint density at radius 1 is 1.13 bits per heavy atom. The number of aromatic nitrogens is 2. The first-order valence-electron chi connectivity index (χ1n) is 4.15. The molecule has 0 saturated heterocycles. The molecule has 0 radical (unpaired) electrons. The van der Waals surface area contributed by atoms with Gasteiger partial charge in [-0.15, -0.1) is 0 Å². The van der Waals surface area contributed by atoms with E-state index in [9.17, 15) is 0 Å². The summed E-state index contributed by atoms with van der Waals surface area (Å²) in [4.78, 5) is 7.86. The molecule has 2 aromatic rings. The van der Waals surface area contributed by atoms with Crippen LogP contribution < -0.4 is 4.74 Å². The second kappa shape index (κ2) is 4.59. The van der Waals surface area contributed by atoms with E-state index in [0.717, 1.165) is 0 Å². The third-order valence-electron chi connectivity index (χ3n) is 1.64. The molecule has 1 aromatic heterocycles. The molecule has 0 aliphatic carbocycles. The lowest BCUT2D eigenvalue weighted by Gasteiger charge is -2.03. The maximum absolute atomic E-state index is 5.75. The SMILES string of the molecule is Clc1ccc(Oc2cc(Br)ncn2)cc1. The van der Waals surface area contributed by atoms with Crippen molar-refractivity contribution >= 4 is 27.5 Å². The summed E-state index contributed by atoms with van der Waals surface area (Å²) in [5, 5.41) is 0.672. The van der Waals surface area contributed by atoms with E-state index >= 15 is 0 Å². The number of hydrogen-bond acceptors (Lipinski definition) is 3. The van der Waals surface area contributed by atoms with Crippen LogP contribution in [0.5, 0.6) is 11.6 Å². The van der Waals surface area contributed by atoms with Crippen molar-refractivity contribution in [2.75, 3.05) is 0 Å². The van der Waals surface area contributed by atoms with Gasteiger partial charge in [0.25, 0.3) is 0 Å². The fourth-order valence-electron chi connectivity index (χ4n) is 0.997. The normalized spacial score (nSPS) is 10.0. The summed E-state index contributed by atoms with van der Waals surface area (Å²) in [5.41, 5.74) is 0. The molecule has 3 nitrogen and oxygen atoms in total. The third-order valence-corrected chi connectivity index (χ3v) is 2.33. The predicted octanol–water partition coefficient (Wildman–Crippen LogP) is 3.68. The Morgan fingerprint density at radius 3 is 2.53 bits per heavy atom. The van der Waals surface area contributed by atoms with E-state index in [1.165, 1.54) is 6.33 Å². The van der Waals surface area contributed by atoms with Gasteiger partial charge in [-0.25, -0.2) is 9.97 Å². The minimum Gasteiger partial charge on any atom is -0.439 e. The van der Waals surface area contributed by atoms with Crippen LogP contribution >= 0.6 is 27.5 Å². The minimum absolute atomic E-state index is 0.485. The molecular weight excluding hydrogens is 279 g/mol. The molecule has 1 heterocycles. The molecule has 0 fully saturated rings. The monoisotopic (exact) mass is 284 g/mol. The zero-order valence-electron chi connectivity index (χ0n) is 7.52. The highest BCUT2D eigenvalue weighted by atomic mass is 79.9. The molecular formula is C10H6BrClN2O. The van der Waals surface area contributed by atoms with Gasteiger partial charge in [-0.05, 0) is 40.2 Å². The molecule has 0 aliphatic rings. The zero-order chi connectivity index (χ0) is 10.7.